The van der Waals surface area contributed by atoms with E-state index in [-0.39, 0.29) is 33.5 Å². The van der Waals surface area contributed by atoms with E-state index < -0.39 is 9.84 Å². The van der Waals surface area contributed by atoms with Gasteiger partial charge in [-0.25, -0.2) is 8.42 Å². The highest BCUT2D eigenvalue weighted by molar-refractivity contribution is 7.91. The number of carbonyl (C=O) groups excluding carboxylic acids is 1. The molecular formula is C22H25Cl2NO4S. The van der Waals surface area contributed by atoms with E-state index in [1.807, 2.05) is 30.3 Å². The minimum Gasteiger partial charge on any atom is -0.490 e. The molecule has 1 atom stereocenters. The van der Waals surface area contributed by atoms with Gasteiger partial charge in [0, 0.05) is 18.2 Å². The second-order valence-electron chi connectivity index (χ2n) is 7.45. The lowest BCUT2D eigenvalue weighted by Crippen LogP contribution is -2.40. The van der Waals surface area contributed by atoms with Crippen LogP contribution in [0.1, 0.15) is 42.1 Å². The first kappa shape index (κ1) is 22.9. The summed E-state index contributed by atoms with van der Waals surface area (Å²) in [7, 11) is -3.15. The summed E-state index contributed by atoms with van der Waals surface area (Å²) >= 11 is 12.7. The number of unbranched alkanes of at least 4 members (excludes halogenated alkanes) is 1. The smallest absolute Gasteiger partial charge is 0.254 e. The summed E-state index contributed by atoms with van der Waals surface area (Å²) in [5.74, 6) is 0.110. The van der Waals surface area contributed by atoms with E-state index >= 15 is 0 Å². The molecule has 5 nitrogen and oxygen atoms in total. The Morgan fingerprint density at radius 1 is 1.17 bits per heavy atom. The molecule has 1 unspecified atom stereocenters. The Morgan fingerprint density at radius 3 is 2.40 bits per heavy atom. The van der Waals surface area contributed by atoms with Crippen LogP contribution in [0.25, 0.3) is 0 Å². The van der Waals surface area contributed by atoms with Crippen LogP contribution < -0.4 is 4.74 Å². The maximum atomic E-state index is 13.4. The Kier molecular flexibility index (Phi) is 7.66. The van der Waals surface area contributed by atoms with E-state index in [0.29, 0.717) is 30.9 Å². The molecule has 1 amide bonds. The summed E-state index contributed by atoms with van der Waals surface area (Å²) in [6, 6.07) is 12.2. The topological polar surface area (TPSA) is 63.7 Å². The largest absolute Gasteiger partial charge is 0.490 e. The fourth-order valence-corrected chi connectivity index (χ4v) is 5.80. The Balaban J connectivity index is 1.88. The van der Waals surface area contributed by atoms with Gasteiger partial charge in [0.15, 0.2) is 15.6 Å². The number of benzene rings is 2. The van der Waals surface area contributed by atoms with E-state index in [1.54, 1.807) is 17.0 Å². The number of amides is 1. The number of nitrogens with zero attached hydrogens (tertiary/aromatic N) is 1. The monoisotopic (exact) mass is 469 g/mol. The first-order chi connectivity index (χ1) is 14.3. The third-order valence-electron chi connectivity index (χ3n) is 5.10. The van der Waals surface area contributed by atoms with Crippen LogP contribution in [-0.4, -0.2) is 43.4 Å². The van der Waals surface area contributed by atoms with Gasteiger partial charge in [0.05, 0.1) is 28.2 Å². The maximum absolute atomic E-state index is 13.4. The van der Waals surface area contributed by atoms with Gasteiger partial charge in [-0.3, -0.25) is 4.79 Å². The molecule has 2 aromatic rings. The van der Waals surface area contributed by atoms with E-state index in [1.165, 1.54) is 0 Å². The summed E-state index contributed by atoms with van der Waals surface area (Å²) in [4.78, 5) is 15.0. The molecule has 0 radical (unpaired) electrons. The highest BCUT2D eigenvalue weighted by Crippen LogP contribution is 2.35. The van der Waals surface area contributed by atoms with Crippen LogP contribution in [0.5, 0.6) is 5.75 Å². The molecular weight excluding hydrogens is 445 g/mol. The highest BCUT2D eigenvalue weighted by atomic mass is 35.5. The Morgan fingerprint density at radius 2 is 1.83 bits per heavy atom. The SMILES string of the molecule is CCCCOc1c(Cl)cc(C(=O)N(Cc2ccccc2)C2CCS(=O)(=O)C2)cc1Cl. The zero-order valence-corrected chi connectivity index (χ0v) is 19.1. The number of rotatable bonds is 8. The Hall–Kier alpha value is -1.76. The average molecular weight is 470 g/mol. The molecule has 0 spiro atoms. The third-order valence-corrected chi connectivity index (χ3v) is 7.41. The van der Waals surface area contributed by atoms with Crippen molar-refractivity contribution in [3.8, 4) is 5.75 Å². The maximum Gasteiger partial charge on any atom is 0.254 e. The number of ether oxygens (including phenoxy) is 1. The standard InChI is InChI=1S/C22H25Cl2NO4S/c1-2-3-10-29-21-19(23)12-17(13-20(21)24)22(26)25(14-16-7-5-4-6-8-16)18-9-11-30(27,28)15-18/h4-8,12-13,18H,2-3,9-11,14-15H2,1H3. The molecule has 0 bridgehead atoms. The number of hydrogen-bond donors (Lipinski definition) is 0. The van der Waals surface area contributed by atoms with Gasteiger partial charge in [-0.2, -0.15) is 0 Å². The van der Waals surface area contributed by atoms with Gasteiger partial charge in [0.25, 0.3) is 5.91 Å². The minimum absolute atomic E-state index is 0.0365. The molecule has 3 rings (SSSR count). The van der Waals surface area contributed by atoms with E-state index in [2.05, 4.69) is 6.92 Å². The molecule has 2 aromatic carbocycles. The van der Waals surface area contributed by atoms with Gasteiger partial charge in [0.2, 0.25) is 0 Å². The predicted octanol–water partition coefficient (Wildman–Crippen LogP) is 5.00. The van der Waals surface area contributed by atoms with Gasteiger partial charge in [0.1, 0.15) is 0 Å². The van der Waals surface area contributed by atoms with Crippen LogP contribution in [0.4, 0.5) is 0 Å². The van der Waals surface area contributed by atoms with Crippen molar-refractivity contribution in [1.82, 2.24) is 4.90 Å². The van der Waals surface area contributed by atoms with Crippen LogP contribution in [0.2, 0.25) is 10.0 Å². The fraction of sp³-hybridized carbons (Fsp3) is 0.409. The van der Waals surface area contributed by atoms with Crippen LogP contribution in [0.3, 0.4) is 0 Å². The lowest BCUT2D eigenvalue weighted by molar-refractivity contribution is 0.0681. The first-order valence-electron chi connectivity index (χ1n) is 9.98. The van der Waals surface area contributed by atoms with Crippen LogP contribution in [0.15, 0.2) is 42.5 Å². The molecule has 30 heavy (non-hydrogen) atoms. The summed E-state index contributed by atoms with van der Waals surface area (Å²) in [5, 5.41) is 0.529. The number of sulfone groups is 1. The molecule has 162 valence electrons. The average Bonchev–Trinajstić information content (AvgIpc) is 3.08. The zero-order valence-electron chi connectivity index (χ0n) is 16.8. The lowest BCUT2D eigenvalue weighted by atomic mass is 10.1. The third kappa shape index (κ3) is 5.68. The highest BCUT2D eigenvalue weighted by Gasteiger charge is 2.35. The van der Waals surface area contributed by atoms with Gasteiger partial charge in [-0.15, -0.1) is 0 Å². The predicted molar refractivity (Wildman–Crippen MR) is 120 cm³/mol. The Labute approximate surface area is 187 Å². The Bertz CT molecular complexity index is 972. The minimum atomic E-state index is -3.15. The molecule has 1 saturated heterocycles. The molecule has 0 saturated carbocycles. The molecule has 1 fully saturated rings. The van der Waals surface area contributed by atoms with Gasteiger partial charge < -0.3 is 9.64 Å². The quantitative estimate of drug-likeness (QED) is 0.510. The van der Waals surface area contributed by atoms with Crippen molar-refractivity contribution >= 4 is 38.9 Å². The molecule has 1 aliphatic heterocycles. The van der Waals surface area contributed by atoms with Gasteiger partial charge >= 0.3 is 0 Å². The molecule has 0 aliphatic carbocycles. The summed E-state index contributed by atoms with van der Waals surface area (Å²) in [6.07, 6.45) is 2.26. The number of carbonyl (C=O) groups is 1. The van der Waals surface area contributed by atoms with Crippen molar-refractivity contribution in [2.45, 2.75) is 38.8 Å². The fourth-order valence-electron chi connectivity index (χ4n) is 3.47. The van der Waals surface area contributed by atoms with Crippen LogP contribution in [-0.2, 0) is 16.4 Å². The zero-order chi connectivity index (χ0) is 21.7. The lowest BCUT2D eigenvalue weighted by Gasteiger charge is -2.29. The molecule has 0 aromatic heterocycles. The van der Waals surface area contributed by atoms with Crippen molar-refractivity contribution in [2.75, 3.05) is 18.1 Å². The van der Waals surface area contributed by atoms with Crippen LogP contribution in [0, 0.1) is 0 Å². The molecule has 1 aliphatic rings. The van der Waals surface area contributed by atoms with Gasteiger partial charge in [-0.05, 0) is 30.5 Å². The van der Waals surface area contributed by atoms with E-state index in [4.69, 9.17) is 27.9 Å². The van der Waals surface area contributed by atoms with Crippen molar-refractivity contribution < 1.29 is 17.9 Å². The van der Waals surface area contributed by atoms with E-state index in [9.17, 15) is 13.2 Å². The number of halogens is 2. The first-order valence-corrected chi connectivity index (χ1v) is 12.6. The summed E-state index contributed by atoms with van der Waals surface area (Å²) < 4.78 is 29.7. The summed E-state index contributed by atoms with van der Waals surface area (Å²) in [5.41, 5.74) is 1.24. The molecule has 1 heterocycles. The van der Waals surface area contributed by atoms with Gasteiger partial charge in [-0.1, -0.05) is 66.9 Å². The van der Waals surface area contributed by atoms with Crippen molar-refractivity contribution in [1.29, 1.82) is 0 Å². The normalized spacial score (nSPS) is 17.6. The van der Waals surface area contributed by atoms with Crippen molar-refractivity contribution in [3.05, 3.63) is 63.6 Å². The van der Waals surface area contributed by atoms with E-state index in [0.717, 1.165) is 18.4 Å². The van der Waals surface area contributed by atoms with Crippen LogP contribution >= 0.6 is 23.2 Å². The number of hydrogen-bond acceptors (Lipinski definition) is 4. The molecule has 0 N–H and O–H groups in total. The second-order valence-corrected chi connectivity index (χ2v) is 10.5. The molecule has 8 heteroatoms. The van der Waals surface area contributed by atoms with Crippen molar-refractivity contribution in [2.24, 2.45) is 0 Å². The van der Waals surface area contributed by atoms with Crippen molar-refractivity contribution in [3.63, 3.8) is 0 Å². The summed E-state index contributed by atoms with van der Waals surface area (Å²) in [6.45, 7) is 2.85. The second kappa shape index (κ2) is 10.0.